The Balaban J connectivity index is 3.49. The molecule has 0 aliphatic rings. The highest BCUT2D eigenvalue weighted by Gasteiger charge is 2.41. The van der Waals surface area contributed by atoms with Crippen molar-refractivity contribution in [2.45, 2.75) is 272 Å². The van der Waals surface area contributed by atoms with Gasteiger partial charge in [-0.15, -0.1) is 0 Å². The predicted molar refractivity (Wildman–Crippen MR) is 537 cm³/mol. The molecule has 0 radical (unpaired) electrons. The second-order valence-corrected chi connectivity index (χ2v) is 36.1. The molecule has 0 aliphatic carbocycles. The van der Waals surface area contributed by atoms with Gasteiger partial charge in [0.25, 0.3) is 0 Å². The number of primary amides is 3. The average molecular weight is 2150 g/mol. The summed E-state index contributed by atoms with van der Waals surface area (Å²) in [5, 5.41) is 125. The number of aliphatic hydroxyl groups is 5. The first kappa shape index (κ1) is 134. The normalized spacial score (nSPS) is 14.8. The summed E-state index contributed by atoms with van der Waals surface area (Å²) >= 11 is 1.24. The van der Waals surface area contributed by atoms with E-state index >= 15 is 0 Å². The minimum atomic E-state index is -2.02. The van der Waals surface area contributed by atoms with Crippen LogP contribution in [0, 0.1) is 16.7 Å². The molecule has 0 bridgehead atoms. The van der Waals surface area contributed by atoms with E-state index in [2.05, 4.69) is 112 Å². The maximum atomic E-state index is 14.7. The second kappa shape index (κ2) is 72.8. The number of thioether (sulfide) groups is 1. The molecule has 47 N–H and O–H groups in total. The topological polar surface area (TPSA) is 1050 Å². The van der Waals surface area contributed by atoms with Gasteiger partial charge >= 0.3 is 5.97 Å². The zero-order chi connectivity index (χ0) is 114. The number of carbonyl (C=O) groups is 23. The van der Waals surface area contributed by atoms with Gasteiger partial charge in [0.15, 0.2) is 11.9 Å². The van der Waals surface area contributed by atoms with Crippen molar-refractivity contribution in [3.8, 4) is 0 Å². The number of carboxylic acids is 1. The zero-order valence-corrected chi connectivity index (χ0v) is 85.3. The number of aliphatic hydroxyl groups excluding tert-OH is 5. The molecule has 0 saturated heterocycles. The number of rotatable bonds is 77. The Labute approximate surface area is 868 Å². The third-order valence-corrected chi connectivity index (χ3v) is 22.8. The minimum absolute atomic E-state index is 0.00756. The summed E-state index contributed by atoms with van der Waals surface area (Å²) in [5.41, 5.74) is 50.1. The Bertz CT molecular complexity index is 4670. The highest BCUT2D eigenvalue weighted by molar-refractivity contribution is 7.98. The molecule has 1 aromatic rings. The number of benzene rings is 1. The van der Waals surface area contributed by atoms with Crippen molar-refractivity contribution >= 4 is 160 Å². The first-order valence-electron chi connectivity index (χ1n) is 48.2. The molecule has 0 aliphatic heterocycles. The predicted octanol–water partition coefficient (Wildman–Crippen LogP) is -17.2. The van der Waals surface area contributed by atoms with Gasteiger partial charge < -0.3 is 194 Å². The van der Waals surface area contributed by atoms with Gasteiger partial charge in [-0.25, -0.2) is 4.79 Å². The van der Waals surface area contributed by atoms with E-state index in [-0.39, 0.29) is 122 Å². The monoisotopic (exact) mass is 2150 g/mol. The molecule has 61 nitrogen and oxygen atoms in total. The lowest BCUT2D eigenvalue weighted by atomic mass is 10.0. The van der Waals surface area contributed by atoms with Crippen LogP contribution < -0.4 is 163 Å². The molecule has 0 spiro atoms. The molecule has 1 aromatic carbocycles. The van der Waals surface area contributed by atoms with E-state index in [1.807, 2.05) is 0 Å². The van der Waals surface area contributed by atoms with E-state index < -0.39 is 334 Å². The van der Waals surface area contributed by atoms with Crippen LogP contribution in [-0.4, -0.2) is 378 Å². The second-order valence-electron chi connectivity index (χ2n) is 35.1. The standard InChI is InChI=1S/C88H152N32O29S/c1-43(2)67(118-65(130)38-102-72(134)57(35-62(94)127)115-75(137)53(24-17-32-101-88(98)99)111-81(143)58(36-63(95)128)113-71(133)48(92)40-121)83(145)103-39-66(131)119-68(45(4)124)84(146)104-37-64(129)106-55(27-33-150-6)78(140)108-50(21-11-14-29-90)74(136)109-51(22-12-15-30-91)79(141)120-69(46(5)125)85(147)116-59(41-122)82(144)114-56(34-47-18-8-7-9-19-47)80(142)112-54(25-26-61(93)126)77(139)110-52(23-16-31-100-87(96)97)73(135)105-44(3)70(132)107-49(20-10-13-28-89)76(138)117-60(42-123)86(148)149/h7-9,18-19,43-46,48-60,67-69,121-125H,10-17,20-42,89-92H2,1-6H3,(H2,93,126)(H2,94,127)(H2,95,128)(H,102,134)(H,103,145)(H,104,146)(H,105,135)(H,106,129)(H,107,132)(H,108,140)(H,109,136)(H,110,139)(H,111,143)(H,112,142)(H,113,133)(H,114,144)(H,115,137)(H,116,147)(H,117,138)(H,118,130)(H,119,131)(H,120,141)(H,148,149)(H4,96,97,100)(H4,98,99,101)/t44-,45+,46+,48-,49-,50-,51-,52-,53-,54-,55-,56-,57-,58-,59-,60-,67-,68-,69-/m0/s1. The zero-order valence-electron chi connectivity index (χ0n) is 84.5. The number of nitrogens with two attached hydrogens (primary N) is 9. The Morgan fingerprint density at radius 3 is 1.05 bits per heavy atom. The fraction of sp³-hybridized carbons (Fsp3) is 0.648. The molecular weight excluding hydrogens is 2000 g/mol. The van der Waals surface area contributed by atoms with E-state index in [1.54, 1.807) is 24.5 Å². The van der Waals surface area contributed by atoms with Crippen LogP contribution in [0.3, 0.4) is 0 Å². The Hall–Kier alpha value is -14.4. The molecule has 0 heterocycles. The lowest BCUT2D eigenvalue weighted by Gasteiger charge is -2.29. The van der Waals surface area contributed by atoms with E-state index in [0.29, 0.717) is 18.4 Å². The lowest BCUT2D eigenvalue weighted by molar-refractivity contribution is -0.143. The third-order valence-electron chi connectivity index (χ3n) is 22.1. The van der Waals surface area contributed by atoms with Gasteiger partial charge in [-0.3, -0.25) is 116 Å². The number of carboxylic acid groups (broad SMARTS) is 1. The van der Waals surface area contributed by atoms with Crippen molar-refractivity contribution in [3.63, 3.8) is 0 Å². The average Bonchev–Trinajstić information content (AvgIpc) is 0.817. The van der Waals surface area contributed by atoms with Gasteiger partial charge in [-0.2, -0.15) is 11.8 Å². The molecule has 1 rings (SSSR count). The summed E-state index contributed by atoms with van der Waals surface area (Å²) in [6.45, 7) is 0.687. The fourth-order valence-electron chi connectivity index (χ4n) is 13.8. The molecular formula is C88H152N32O29S. The maximum Gasteiger partial charge on any atom is 0.328 e. The van der Waals surface area contributed by atoms with Crippen molar-refractivity contribution in [3.05, 3.63) is 35.9 Å². The van der Waals surface area contributed by atoms with Gasteiger partial charge in [0, 0.05) is 25.9 Å². The number of aliphatic carboxylic acids is 1. The summed E-state index contributed by atoms with van der Waals surface area (Å²) in [6.07, 6.45) is -4.74. The van der Waals surface area contributed by atoms with E-state index in [9.17, 15) is 141 Å². The highest BCUT2D eigenvalue weighted by atomic mass is 32.2. The summed E-state index contributed by atoms with van der Waals surface area (Å²) in [4.78, 5) is 311. The number of amides is 22. The minimum Gasteiger partial charge on any atom is -0.480 e. The molecule has 0 unspecified atom stereocenters. The van der Waals surface area contributed by atoms with Crippen molar-refractivity contribution in [1.29, 1.82) is 10.8 Å². The van der Waals surface area contributed by atoms with Gasteiger partial charge in [-0.1, -0.05) is 44.2 Å². The van der Waals surface area contributed by atoms with Crippen LogP contribution in [0.5, 0.6) is 0 Å². The molecule has 0 aromatic heterocycles. The van der Waals surface area contributed by atoms with Crippen molar-refractivity contribution < 1.29 is 141 Å². The van der Waals surface area contributed by atoms with Crippen molar-refractivity contribution in [2.24, 2.45) is 57.5 Å². The Morgan fingerprint density at radius 1 is 0.327 bits per heavy atom. The Morgan fingerprint density at radius 2 is 0.653 bits per heavy atom. The summed E-state index contributed by atoms with van der Waals surface area (Å²) < 4.78 is 0. The molecule has 0 saturated carbocycles. The van der Waals surface area contributed by atoms with Crippen LogP contribution in [0.2, 0.25) is 0 Å². The van der Waals surface area contributed by atoms with Gasteiger partial charge in [0.2, 0.25) is 130 Å². The maximum absolute atomic E-state index is 14.7. The van der Waals surface area contributed by atoms with E-state index in [4.69, 9.17) is 62.4 Å². The van der Waals surface area contributed by atoms with Crippen molar-refractivity contribution in [1.82, 2.24) is 112 Å². The molecule has 0 fully saturated rings. The summed E-state index contributed by atoms with van der Waals surface area (Å²) in [6, 6.07) is -20.6. The molecule has 19 atom stereocenters. The van der Waals surface area contributed by atoms with E-state index in [0.717, 1.165) is 13.8 Å². The van der Waals surface area contributed by atoms with Crippen LogP contribution in [0.15, 0.2) is 30.3 Å². The first-order valence-corrected chi connectivity index (χ1v) is 49.6. The van der Waals surface area contributed by atoms with Gasteiger partial charge in [0.05, 0.1) is 64.5 Å². The number of guanidine groups is 2. The molecule has 62 heteroatoms. The molecule has 150 heavy (non-hydrogen) atoms. The van der Waals surface area contributed by atoms with E-state index in [1.165, 1.54) is 44.7 Å². The number of unbranched alkanes of at least 4 members (excludes halogenated alkanes) is 3. The quantitative estimate of drug-likeness (QED) is 0.0164. The fourth-order valence-corrected chi connectivity index (χ4v) is 14.3. The Kier molecular flexibility index (Phi) is 64.8. The van der Waals surface area contributed by atoms with Gasteiger partial charge in [-0.05, 0) is 160 Å². The van der Waals surface area contributed by atoms with Crippen LogP contribution >= 0.6 is 11.8 Å². The lowest BCUT2D eigenvalue weighted by Crippen LogP contribution is -2.62. The number of carbonyl (C=O) groups excluding carboxylic acids is 22. The smallest absolute Gasteiger partial charge is 0.328 e. The van der Waals surface area contributed by atoms with Crippen LogP contribution in [0.25, 0.3) is 0 Å². The largest absolute Gasteiger partial charge is 0.480 e. The van der Waals surface area contributed by atoms with Crippen LogP contribution in [0.4, 0.5) is 0 Å². The SMILES string of the molecule is CSCC[C@H](NC(=O)CNC(=O)[C@@H](NC(=O)CNC(=O)[C@@H](NC(=O)CNC(=O)[C@H](CC(N)=O)NC(=O)[C@H](CCCNC(=N)N)NC(=O)[C@H](CC(N)=O)NC(=O)[C@@H](N)CO)C(C)C)[C@@H](C)O)C(=O)N[C@@H](CCCCN)C(=O)N[C@@H](CCCCN)C(=O)N[C@H](C(=O)N[C@@H](CO)C(=O)N[C@@H](Cc1ccccc1)C(=O)N[C@@H](CCC(N)=O)C(=O)N[C@@H](CCCNC(=N)N)C(=O)N[C@@H](C)C(=O)N[C@@H](CCCCN)C(=O)N[C@@H](CO)C(=O)O)[C@@H](C)O. The molecule has 22 amide bonds. The van der Waals surface area contributed by atoms with Crippen molar-refractivity contribution in [2.75, 3.05) is 84.2 Å². The number of hydrogen-bond donors (Lipinski definition) is 38. The number of hydrogen-bond acceptors (Lipinski definition) is 35. The third kappa shape index (κ3) is 54.0. The molecule has 844 valence electrons. The van der Waals surface area contributed by atoms with Crippen LogP contribution in [-0.2, 0) is 117 Å². The first-order chi connectivity index (χ1) is 70.7. The summed E-state index contributed by atoms with van der Waals surface area (Å²) in [7, 11) is 0. The van der Waals surface area contributed by atoms with Crippen LogP contribution in [0.1, 0.15) is 156 Å². The van der Waals surface area contributed by atoms with Gasteiger partial charge in [0.1, 0.15) is 103 Å². The highest BCUT2D eigenvalue weighted by Crippen LogP contribution is 2.15. The summed E-state index contributed by atoms with van der Waals surface area (Å²) in [5.74, 6) is -27.3. The number of nitrogens with one attached hydrogen (secondary N) is 23.